The van der Waals surface area contributed by atoms with Gasteiger partial charge < -0.3 is 10.2 Å². The minimum absolute atomic E-state index is 0.793. The molecule has 2 fully saturated rings. The lowest BCUT2D eigenvalue weighted by Gasteiger charge is -2.37. The molecule has 0 spiro atoms. The fourth-order valence-electron chi connectivity index (χ4n) is 4.18. The van der Waals surface area contributed by atoms with Crippen molar-refractivity contribution in [1.82, 2.24) is 10.2 Å². The third-order valence-electron chi connectivity index (χ3n) is 5.47. The van der Waals surface area contributed by atoms with Gasteiger partial charge in [-0.1, -0.05) is 39.5 Å². The molecule has 4 atom stereocenters. The van der Waals surface area contributed by atoms with Crippen LogP contribution in [-0.2, 0) is 0 Å². The lowest BCUT2D eigenvalue weighted by atomic mass is 9.85. The van der Waals surface area contributed by atoms with Gasteiger partial charge in [0.1, 0.15) is 0 Å². The van der Waals surface area contributed by atoms with Crippen molar-refractivity contribution in [2.75, 3.05) is 20.1 Å². The summed E-state index contributed by atoms with van der Waals surface area (Å²) in [6.07, 6.45) is 11.4. The average Bonchev–Trinajstić information content (AvgIpc) is 2.39. The zero-order valence-electron chi connectivity index (χ0n) is 13.3. The first-order valence-electron chi connectivity index (χ1n) is 8.60. The Morgan fingerprint density at radius 3 is 2.53 bits per heavy atom. The first kappa shape index (κ1) is 15.3. The van der Waals surface area contributed by atoms with E-state index >= 15 is 0 Å². The Balaban J connectivity index is 1.64. The summed E-state index contributed by atoms with van der Waals surface area (Å²) in [6, 6.07) is 1.63. The molecule has 0 heterocycles. The molecule has 112 valence electrons. The number of nitrogens with zero attached hydrogens (tertiary/aromatic N) is 1. The molecule has 2 heteroatoms. The van der Waals surface area contributed by atoms with E-state index in [4.69, 9.17) is 0 Å². The maximum absolute atomic E-state index is 3.80. The molecular weight excluding hydrogens is 232 g/mol. The molecule has 19 heavy (non-hydrogen) atoms. The lowest BCUT2D eigenvalue weighted by Crippen LogP contribution is -2.44. The Morgan fingerprint density at radius 2 is 1.79 bits per heavy atom. The van der Waals surface area contributed by atoms with Crippen molar-refractivity contribution in [2.24, 2.45) is 11.8 Å². The van der Waals surface area contributed by atoms with E-state index in [0.717, 1.165) is 23.9 Å². The first-order chi connectivity index (χ1) is 9.16. The third kappa shape index (κ3) is 4.75. The summed E-state index contributed by atoms with van der Waals surface area (Å²) in [6.45, 7) is 7.25. The maximum Gasteiger partial charge on any atom is 0.0118 e. The fraction of sp³-hybridized carbons (Fsp3) is 1.00. The Bertz CT molecular complexity index is 254. The molecule has 0 radical (unpaired) electrons. The largest absolute Gasteiger partial charge is 0.313 e. The predicted molar refractivity (Wildman–Crippen MR) is 83.5 cm³/mol. The average molecular weight is 266 g/mol. The number of nitrogens with one attached hydrogen (secondary N) is 1. The lowest BCUT2D eigenvalue weighted by molar-refractivity contribution is 0.138. The summed E-state index contributed by atoms with van der Waals surface area (Å²) in [4.78, 5) is 2.61. The molecule has 0 aliphatic heterocycles. The van der Waals surface area contributed by atoms with Crippen LogP contribution >= 0.6 is 0 Å². The summed E-state index contributed by atoms with van der Waals surface area (Å²) in [5, 5.41) is 3.80. The van der Waals surface area contributed by atoms with Gasteiger partial charge >= 0.3 is 0 Å². The van der Waals surface area contributed by atoms with Crippen molar-refractivity contribution >= 4 is 0 Å². The van der Waals surface area contributed by atoms with Crippen LogP contribution in [-0.4, -0.2) is 37.1 Å². The van der Waals surface area contributed by atoms with Gasteiger partial charge in [-0.2, -0.15) is 0 Å². The molecule has 0 saturated heterocycles. The van der Waals surface area contributed by atoms with Crippen molar-refractivity contribution in [3.8, 4) is 0 Å². The molecule has 2 aliphatic carbocycles. The van der Waals surface area contributed by atoms with Gasteiger partial charge in [0.25, 0.3) is 0 Å². The van der Waals surface area contributed by atoms with Gasteiger partial charge in [0.2, 0.25) is 0 Å². The summed E-state index contributed by atoms with van der Waals surface area (Å²) in [5.74, 6) is 1.83. The Kier molecular flexibility index (Phi) is 6.15. The first-order valence-corrected chi connectivity index (χ1v) is 8.60. The van der Waals surface area contributed by atoms with Crippen LogP contribution in [0.25, 0.3) is 0 Å². The van der Waals surface area contributed by atoms with E-state index in [1.165, 1.54) is 64.5 Å². The number of likely N-dealkylation sites (N-methyl/N-ethyl adjacent to an activating group) is 1. The SMILES string of the molecule is CC1CCCC(NCCN(C)C2CCCCC2C)C1. The van der Waals surface area contributed by atoms with Crippen LogP contribution in [0.1, 0.15) is 65.2 Å². The second kappa shape index (κ2) is 7.64. The van der Waals surface area contributed by atoms with Gasteiger partial charge in [-0.05, 0) is 44.6 Å². The second-order valence-electron chi connectivity index (χ2n) is 7.23. The Hall–Kier alpha value is -0.0800. The second-order valence-corrected chi connectivity index (χ2v) is 7.23. The zero-order chi connectivity index (χ0) is 13.7. The van der Waals surface area contributed by atoms with Crippen LogP contribution in [0, 0.1) is 11.8 Å². The van der Waals surface area contributed by atoms with E-state index in [0.29, 0.717) is 0 Å². The van der Waals surface area contributed by atoms with E-state index < -0.39 is 0 Å². The molecular formula is C17H34N2. The van der Waals surface area contributed by atoms with Gasteiger partial charge in [-0.25, -0.2) is 0 Å². The summed E-state index contributed by atoms with van der Waals surface area (Å²) >= 11 is 0. The number of hydrogen-bond acceptors (Lipinski definition) is 2. The Labute approximate surface area is 120 Å². The molecule has 0 amide bonds. The van der Waals surface area contributed by atoms with Gasteiger partial charge in [-0.15, -0.1) is 0 Å². The molecule has 2 aliphatic rings. The third-order valence-corrected chi connectivity index (χ3v) is 5.47. The number of rotatable bonds is 5. The van der Waals surface area contributed by atoms with Crippen LogP contribution in [0.15, 0.2) is 0 Å². The van der Waals surface area contributed by atoms with E-state index in [1.807, 2.05) is 0 Å². The van der Waals surface area contributed by atoms with Crippen molar-refractivity contribution in [3.63, 3.8) is 0 Å². The molecule has 0 bridgehead atoms. The normalized spacial score (nSPS) is 36.6. The van der Waals surface area contributed by atoms with Crippen molar-refractivity contribution in [1.29, 1.82) is 0 Å². The van der Waals surface area contributed by atoms with E-state index in [2.05, 4.69) is 31.1 Å². The van der Waals surface area contributed by atoms with Gasteiger partial charge in [0, 0.05) is 25.2 Å². The summed E-state index contributed by atoms with van der Waals surface area (Å²) in [7, 11) is 2.33. The molecule has 4 unspecified atom stereocenters. The molecule has 0 aromatic heterocycles. The van der Waals surface area contributed by atoms with Crippen LogP contribution in [0.5, 0.6) is 0 Å². The number of hydrogen-bond donors (Lipinski definition) is 1. The van der Waals surface area contributed by atoms with Crippen LogP contribution in [0.3, 0.4) is 0 Å². The smallest absolute Gasteiger partial charge is 0.0118 e. The van der Waals surface area contributed by atoms with Crippen LogP contribution < -0.4 is 5.32 Å². The van der Waals surface area contributed by atoms with Gasteiger partial charge in [0.15, 0.2) is 0 Å². The topological polar surface area (TPSA) is 15.3 Å². The standard InChI is InChI=1S/C17H34N2/c1-14-7-6-9-16(13-14)18-11-12-19(3)17-10-5-4-8-15(17)2/h14-18H,4-13H2,1-3H3. The molecule has 0 aromatic rings. The molecule has 0 aromatic carbocycles. The van der Waals surface area contributed by atoms with Crippen molar-refractivity contribution in [2.45, 2.75) is 77.3 Å². The highest BCUT2D eigenvalue weighted by Crippen LogP contribution is 2.27. The van der Waals surface area contributed by atoms with Gasteiger partial charge in [0.05, 0.1) is 0 Å². The maximum atomic E-state index is 3.80. The van der Waals surface area contributed by atoms with Crippen molar-refractivity contribution < 1.29 is 0 Å². The monoisotopic (exact) mass is 266 g/mol. The van der Waals surface area contributed by atoms with E-state index in [-0.39, 0.29) is 0 Å². The molecule has 2 saturated carbocycles. The highest BCUT2D eigenvalue weighted by atomic mass is 15.1. The Morgan fingerprint density at radius 1 is 1.00 bits per heavy atom. The minimum atomic E-state index is 0.793. The highest BCUT2D eigenvalue weighted by Gasteiger charge is 2.25. The summed E-state index contributed by atoms with van der Waals surface area (Å²) < 4.78 is 0. The molecule has 2 rings (SSSR count). The van der Waals surface area contributed by atoms with Gasteiger partial charge in [-0.3, -0.25) is 0 Å². The predicted octanol–water partition coefficient (Wildman–Crippen LogP) is 3.67. The van der Waals surface area contributed by atoms with Crippen molar-refractivity contribution in [3.05, 3.63) is 0 Å². The highest BCUT2D eigenvalue weighted by molar-refractivity contribution is 4.81. The quantitative estimate of drug-likeness (QED) is 0.817. The van der Waals surface area contributed by atoms with Crippen LogP contribution in [0.4, 0.5) is 0 Å². The molecule has 1 N–H and O–H groups in total. The van der Waals surface area contributed by atoms with E-state index in [1.54, 1.807) is 0 Å². The fourth-order valence-corrected chi connectivity index (χ4v) is 4.18. The molecule has 2 nitrogen and oxygen atoms in total. The zero-order valence-corrected chi connectivity index (χ0v) is 13.3. The van der Waals surface area contributed by atoms with Crippen LogP contribution in [0.2, 0.25) is 0 Å². The summed E-state index contributed by atoms with van der Waals surface area (Å²) in [5.41, 5.74) is 0. The minimum Gasteiger partial charge on any atom is -0.313 e. The van der Waals surface area contributed by atoms with E-state index in [9.17, 15) is 0 Å².